The van der Waals surface area contributed by atoms with E-state index >= 15 is 4.39 Å². The number of fused-ring (bicyclic) bond motifs is 3. The molecule has 0 spiro atoms. The summed E-state index contributed by atoms with van der Waals surface area (Å²) in [5.74, 6) is 0.0741. The molecule has 5 nitrogen and oxygen atoms in total. The van der Waals surface area contributed by atoms with E-state index in [2.05, 4.69) is 4.98 Å². The zero-order valence-electron chi connectivity index (χ0n) is 19.1. The first-order valence-corrected chi connectivity index (χ1v) is 11.5. The third kappa shape index (κ3) is 4.16. The lowest BCUT2D eigenvalue weighted by Gasteiger charge is -2.21. The molecule has 0 saturated carbocycles. The van der Waals surface area contributed by atoms with Crippen LogP contribution in [0.2, 0.25) is 5.02 Å². The van der Waals surface area contributed by atoms with Crippen molar-refractivity contribution in [2.75, 3.05) is 0 Å². The largest absolute Gasteiger partial charge is 0.434 e. The van der Waals surface area contributed by atoms with Gasteiger partial charge in [0, 0.05) is 27.8 Å². The molecular weight excluding hydrogens is 477 g/mol. The predicted octanol–water partition coefficient (Wildman–Crippen LogP) is 6.28. The van der Waals surface area contributed by atoms with Crippen molar-refractivity contribution in [2.24, 2.45) is 11.5 Å². The average molecular weight is 501 g/mol. The van der Waals surface area contributed by atoms with Gasteiger partial charge in [-0.15, -0.1) is 0 Å². The van der Waals surface area contributed by atoms with Crippen LogP contribution < -0.4 is 16.2 Å². The van der Waals surface area contributed by atoms with Gasteiger partial charge < -0.3 is 20.8 Å². The van der Waals surface area contributed by atoms with E-state index in [1.807, 2.05) is 42.7 Å². The van der Waals surface area contributed by atoms with Gasteiger partial charge in [-0.1, -0.05) is 41.9 Å². The highest BCUT2D eigenvalue weighted by Gasteiger charge is 2.36. The smallest absolute Gasteiger partial charge is 0.387 e. The molecule has 35 heavy (non-hydrogen) atoms. The molecule has 3 aromatic carbocycles. The van der Waals surface area contributed by atoms with Crippen molar-refractivity contribution in [3.63, 3.8) is 0 Å². The Morgan fingerprint density at radius 2 is 1.86 bits per heavy atom. The van der Waals surface area contributed by atoms with Crippen molar-refractivity contribution in [1.29, 1.82) is 0 Å². The molecule has 0 amide bonds. The fraction of sp³-hybridized carbons (Fsp3) is 0.269. The van der Waals surface area contributed by atoms with Gasteiger partial charge in [-0.05, 0) is 49.6 Å². The Morgan fingerprint density at radius 3 is 2.51 bits per heavy atom. The highest BCUT2D eigenvalue weighted by molar-refractivity contribution is 6.31. The third-order valence-corrected chi connectivity index (χ3v) is 6.76. The molecule has 9 heteroatoms. The normalized spacial score (nSPS) is 17.9. The minimum Gasteiger partial charge on any atom is -0.434 e. The molecule has 5 rings (SSSR count). The van der Waals surface area contributed by atoms with Crippen LogP contribution in [0.4, 0.5) is 13.2 Å². The zero-order chi connectivity index (χ0) is 25.1. The first-order valence-electron chi connectivity index (χ1n) is 11.1. The standard InChI is InChI=1S/C26H24ClF3N4O/c1-26(2,32)14-8-6-13(7-9-14)15-10-20-19(11-17(15)28)33-24-18(31)12-21(34(20)24)23-16(27)4-3-5-22(23)35-25(29)30/h3-11,18,21,25H,12,31-32H2,1-2H3/t18-,21-/m1/s1. The van der Waals surface area contributed by atoms with Crippen LogP contribution in [0.25, 0.3) is 22.2 Å². The Hall–Kier alpha value is -3.07. The van der Waals surface area contributed by atoms with Gasteiger partial charge in [-0.3, -0.25) is 0 Å². The number of imidazole rings is 1. The second-order valence-corrected chi connectivity index (χ2v) is 9.76. The fourth-order valence-corrected chi connectivity index (χ4v) is 5.05. The molecule has 0 unspecified atom stereocenters. The summed E-state index contributed by atoms with van der Waals surface area (Å²) in [5, 5.41) is 0.275. The maximum Gasteiger partial charge on any atom is 0.387 e. The molecule has 2 atom stereocenters. The highest BCUT2D eigenvalue weighted by atomic mass is 35.5. The van der Waals surface area contributed by atoms with Crippen LogP contribution in [0.3, 0.4) is 0 Å². The summed E-state index contributed by atoms with van der Waals surface area (Å²) in [5.41, 5.74) is 15.4. The second kappa shape index (κ2) is 8.55. The number of hydrogen-bond donors (Lipinski definition) is 2. The number of nitrogens with two attached hydrogens (primary N) is 2. The molecule has 1 aliphatic heterocycles. The summed E-state index contributed by atoms with van der Waals surface area (Å²) in [7, 11) is 0. The van der Waals surface area contributed by atoms with Crippen LogP contribution in [-0.2, 0) is 5.54 Å². The van der Waals surface area contributed by atoms with Gasteiger partial charge in [-0.2, -0.15) is 8.78 Å². The van der Waals surface area contributed by atoms with E-state index in [9.17, 15) is 8.78 Å². The molecule has 2 heterocycles. The van der Waals surface area contributed by atoms with Gasteiger partial charge in [0.1, 0.15) is 17.4 Å². The minimum atomic E-state index is -3.01. The molecule has 4 aromatic rings. The van der Waals surface area contributed by atoms with E-state index in [0.29, 0.717) is 40.0 Å². The lowest BCUT2D eigenvalue weighted by Crippen LogP contribution is -2.28. The fourth-order valence-electron chi connectivity index (χ4n) is 4.76. The van der Waals surface area contributed by atoms with Gasteiger partial charge in [0.05, 0.1) is 23.1 Å². The van der Waals surface area contributed by atoms with Crippen LogP contribution in [-0.4, -0.2) is 16.2 Å². The lowest BCUT2D eigenvalue weighted by molar-refractivity contribution is -0.0506. The summed E-state index contributed by atoms with van der Waals surface area (Å²) in [6, 6.07) is 14.1. The van der Waals surface area contributed by atoms with Crippen molar-refractivity contribution in [3.8, 4) is 16.9 Å². The molecule has 0 bridgehead atoms. The summed E-state index contributed by atoms with van der Waals surface area (Å²) >= 11 is 6.46. The molecule has 0 saturated heterocycles. The van der Waals surface area contributed by atoms with Crippen LogP contribution in [0.15, 0.2) is 54.6 Å². The number of hydrogen-bond acceptors (Lipinski definition) is 4. The Labute approximate surface area is 205 Å². The summed E-state index contributed by atoms with van der Waals surface area (Å²) in [4.78, 5) is 4.56. The number of rotatable bonds is 5. The van der Waals surface area contributed by atoms with E-state index in [4.69, 9.17) is 27.8 Å². The number of benzene rings is 3. The zero-order valence-corrected chi connectivity index (χ0v) is 19.9. The Kier molecular flexibility index (Phi) is 5.78. The third-order valence-electron chi connectivity index (χ3n) is 6.43. The summed E-state index contributed by atoms with van der Waals surface area (Å²) in [6.07, 6.45) is 0.384. The van der Waals surface area contributed by atoms with Crippen molar-refractivity contribution >= 4 is 22.6 Å². The number of alkyl halides is 2. The van der Waals surface area contributed by atoms with E-state index < -0.39 is 30.1 Å². The maximum absolute atomic E-state index is 15.2. The van der Waals surface area contributed by atoms with Crippen LogP contribution in [0, 0.1) is 5.82 Å². The van der Waals surface area contributed by atoms with Crippen molar-refractivity contribution in [3.05, 3.63) is 82.4 Å². The molecule has 4 N–H and O–H groups in total. The molecule has 0 fully saturated rings. The Morgan fingerprint density at radius 1 is 1.14 bits per heavy atom. The van der Waals surface area contributed by atoms with Crippen LogP contribution in [0.5, 0.6) is 5.75 Å². The summed E-state index contributed by atoms with van der Waals surface area (Å²) < 4.78 is 48.0. The first kappa shape index (κ1) is 23.7. The van der Waals surface area contributed by atoms with E-state index in [-0.39, 0.29) is 10.8 Å². The molecule has 182 valence electrons. The number of halogens is 4. The van der Waals surface area contributed by atoms with Gasteiger partial charge >= 0.3 is 6.61 Å². The molecule has 0 aliphatic carbocycles. The second-order valence-electron chi connectivity index (χ2n) is 9.35. The highest BCUT2D eigenvalue weighted by Crippen LogP contribution is 2.46. The average Bonchev–Trinajstić information content (AvgIpc) is 3.29. The lowest BCUT2D eigenvalue weighted by atomic mass is 9.93. The van der Waals surface area contributed by atoms with Crippen molar-refractivity contribution < 1.29 is 17.9 Å². The number of ether oxygens (including phenoxy) is 1. The SMILES string of the molecule is CC(C)(N)c1ccc(-c2cc3c(cc2F)nc2n3[C@@H](c3c(Cl)cccc3OC(F)F)C[C@H]2N)cc1. The quantitative estimate of drug-likeness (QED) is 0.338. The van der Waals surface area contributed by atoms with Gasteiger partial charge in [0.25, 0.3) is 0 Å². The molecule has 0 radical (unpaired) electrons. The van der Waals surface area contributed by atoms with E-state index in [1.165, 1.54) is 12.1 Å². The van der Waals surface area contributed by atoms with Crippen molar-refractivity contribution in [2.45, 2.75) is 44.5 Å². The van der Waals surface area contributed by atoms with Crippen LogP contribution >= 0.6 is 11.6 Å². The maximum atomic E-state index is 15.2. The monoisotopic (exact) mass is 500 g/mol. The van der Waals surface area contributed by atoms with Gasteiger partial charge in [0.2, 0.25) is 0 Å². The van der Waals surface area contributed by atoms with Crippen molar-refractivity contribution in [1.82, 2.24) is 9.55 Å². The van der Waals surface area contributed by atoms with E-state index in [1.54, 1.807) is 18.2 Å². The van der Waals surface area contributed by atoms with Gasteiger partial charge in [0.15, 0.2) is 0 Å². The van der Waals surface area contributed by atoms with Crippen LogP contribution in [0.1, 0.15) is 49.3 Å². The van der Waals surface area contributed by atoms with Gasteiger partial charge in [-0.25, -0.2) is 9.37 Å². The number of aromatic nitrogens is 2. The Balaban J connectivity index is 1.66. The predicted molar refractivity (Wildman–Crippen MR) is 130 cm³/mol. The first-order chi connectivity index (χ1) is 16.5. The van der Waals surface area contributed by atoms with E-state index in [0.717, 1.165) is 5.56 Å². The Bertz CT molecular complexity index is 1410. The molecular formula is C26H24ClF3N4O. The topological polar surface area (TPSA) is 79.1 Å². The molecule has 1 aromatic heterocycles. The summed E-state index contributed by atoms with van der Waals surface area (Å²) in [6.45, 7) is 0.784. The molecule has 1 aliphatic rings. The number of nitrogens with zero attached hydrogens (tertiary/aromatic N) is 2. The minimum absolute atomic E-state index is 0.0262.